The van der Waals surface area contributed by atoms with Crippen molar-refractivity contribution in [2.24, 2.45) is 11.8 Å². The highest BCUT2D eigenvalue weighted by Crippen LogP contribution is 2.25. The monoisotopic (exact) mass is 390 g/mol. The smallest absolute Gasteiger partial charge is 0.321 e. The van der Waals surface area contributed by atoms with Crippen molar-refractivity contribution in [1.82, 2.24) is 14.7 Å². The minimum Gasteiger partial charge on any atom is -0.481 e. The summed E-state index contributed by atoms with van der Waals surface area (Å²) in [6.07, 6.45) is 2.86. The Morgan fingerprint density at radius 3 is 2.81 bits per heavy atom. The molecule has 1 aliphatic heterocycles. The number of nitrogens with one attached hydrogen (secondary N) is 1. The first-order valence-electron chi connectivity index (χ1n) is 9.00. The number of piperidine rings is 1. The summed E-state index contributed by atoms with van der Waals surface area (Å²) in [4.78, 5) is 25.6. The molecule has 2 atom stereocenters. The van der Waals surface area contributed by atoms with Gasteiger partial charge in [0.25, 0.3) is 0 Å². The summed E-state index contributed by atoms with van der Waals surface area (Å²) in [6.45, 7) is 4.70. The van der Waals surface area contributed by atoms with E-state index in [2.05, 4.69) is 10.4 Å². The van der Waals surface area contributed by atoms with Gasteiger partial charge in [-0.2, -0.15) is 5.10 Å². The maximum absolute atomic E-state index is 12.7. The van der Waals surface area contributed by atoms with E-state index in [0.29, 0.717) is 30.1 Å². The topological polar surface area (TPSA) is 87.5 Å². The van der Waals surface area contributed by atoms with Crippen molar-refractivity contribution in [3.8, 4) is 5.69 Å². The Kier molecular flexibility index (Phi) is 5.70. The lowest BCUT2D eigenvalue weighted by molar-refractivity contribution is -0.143. The third kappa shape index (κ3) is 4.24. The molecule has 0 radical (unpaired) electrons. The largest absolute Gasteiger partial charge is 0.481 e. The van der Waals surface area contributed by atoms with Gasteiger partial charge in [-0.1, -0.05) is 31.5 Å². The lowest BCUT2D eigenvalue weighted by atomic mass is 9.91. The summed E-state index contributed by atoms with van der Waals surface area (Å²) in [7, 11) is 0. The molecular weight excluding hydrogens is 368 g/mol. The van der Waals surface area contributed by atoms with E-state index in [-0.39, 0.29) is 18.5 Å². The number of halogens is 1. The molecule has 2 N–H and O–H groups in total. The van der Waals surface area contributed by atoms with Crippen LogP contribution in [-0.4, -0.2) is 44.9 Å². The third-order valence-electron chi connectivity index (χ3n) is 4.79. The number of carbonyl (C=O) groups excluding carboxylic acids is 1. The Hall–Kier alpha value is -2.54. The Morgan fingerprint density at radius 2 is 2.15 bits per heavy atom. The fraction of sp³-hybridized carbons (Fsp3) is 0.421. The Balaban J connectivity index is 1.79. The summed E-state index contributed by atoms with van der Waals surface area (Å²) in [5.74, 6) is -1.24. The highest BCUT2D eigenvalue weighted by atomic mass is 35.5. The van der Waals surface area contributed by atoms with Gasteiger partial charge in [0.15, 0.2) is 0 Å². The number of aromatic nitrogens is 2. The van der Waals surface area contributed by atoms with E-state index < -0.39 is 11.9 Å². The van der Waals surface area contributed by atoms with Gasteiger partial charge in [-0.15, -0.1) is 0 Å². The molecule has 2 heterocycles. The van der Waals surface area contributed by atoms with Gasteiger partial charge >= 0.3 is 12.0 Å². The molecule has 2 amide bonds. The number of hydrogen-bond donors (Lipinski definition) is 2. The fourth-order valence-electron chi connectivity index (χ4n) is 3.54. The van der Waals surface area contributed by atoms with E-state index in [1.807, 2.05) is 32.0 Å². The van der Waals surface area contributed by atoms with E-state index in [9.17, 15) is 14.7 Å². The van der Waals surface area contributed by atoms with Crippen LogP contribution in [0, 0.1) is 11.8 Å². The first-order chi connectivity index (χ1) is 12.9. The van der Waals surface area contributed by atoms with Gasteiger partial charge in [-0.25, -0.2) is 9.48 Å². The quantitative estimate of drug-likeness (QED) is 0.833. The number of aliphatic carboxylic acids is 1. The Labute approximate surface area is 162 Å². The predicted molar refractivity (Wildman–Crippen MR) is 103 cm³/mol. The molecule has 1 fully saturated rings. The van der Waals surface area contributed by atoms with Gasteiger partial charge in [-0.05, 0) is 37.0 Å². The van der Waals surface area contributed by atoms with Crippen molar-refractivity contribution >= 4 is 29.3 Å². The van der Waals surface area contributed by atoms with Crippen molar-refractivity contribution in [2.75, 3.05) is 18.4 Å². The number of urea groups is 1. The normalized spacial score (nSPS) is 19.7. The van der Waals surface area contributed by atoms with Crippen LogP contribution in [0.5, 0.6) is 0 Å². The number of carbonyl (C=O) groups is 2. The lowest BCUT2D eigenvalue weighted by Crippen LogP contribution is -2.47. The molecule has 2 aromatic rings. The standard InChI is InChI=1S/C19H23ClN4O3/c1-3-17-16(9-21-24(17)15-6-4-5-14(20)8-15)22-19(27)23-10-12(2)7-13(11-23)18(25)26/h4-6,8-9,12-13H,3,7,10-11H2,1-2H3,(H,22,27)(H,25,26). The highest BCUT2D eigenvalue weighted by Gasteiger charge is 2.32. The number of rotatable bonds is 4. The molecule has 27 heavy (non-hydrogen) atoms. The molecule has 0 bridgehead atoms. The number of nitrogens with zero attached hydrogens (tertiary/aromatic N) is 3. The van der Waals surface area contributed by atoms with Crippen LogP contribution in [0.15, 0.2) is 30.5 Å². The molecule has 144 valence electrons. The van der Waals surface area contributed by atoms with Gasteiger partial charge < -0.3 is 15.3 Å². The first kappa shape index (κ1) is 19.2. The maximum atomic E-state index is 12.7. The molecule has 1 aromatic carbocycles. The van der Waals surface area contributed by atoms with Crippen LogP contribution >= 0.6 is 11.6 Å². The average Bonchev–Trinajstić information content (AvgIpc) is 3.03. The first-order valence-corrected chi connectivity index (χ1v) is 9.38. The molecule has 8 heteroatoms. The van der Waals surface area contributed by atoms with Gasteiger partial charge in [0.2, 0.25) is 0 Å². The van der Waals surface area contributed by atoms with Crippen LogP contribution in [0.4, 0.5) is 10.5 Å². The summed E-state index contributed by atoms with van der Waals surface area (Å²) in [5, 5.41) is 17.2. The summed E-state index contributed by atoms with van der Waals surface area (Å²) >= 11 is 6.07. The van der Waals surface area contributed by atoms with Crippen LogP contribution < -0.4 is 5.32 Å². The van der Waals surface area contributed by atoms with E-state index in [0.717, 1.165) is 11.4 Å². The van der Waals surface area contributed by atoms with Crippen molar-refractivity contribution < 1.29 is 14.7 Å². The van der Waals surface area contributed by atoms with Gasteiger partial charge in [0.1, 0.15) is 0 Å². The van der Waals surface area contributed by atoms with Crippen LogP contribution in [0.3, 0.4) is 0 Å². The highest BCUT2D eigenvalue weighted by molar-refractivity contribution is 6.30. The van der Waals surface area contributed by atoms with Crippen molar-refractivity contribution in [1.29, 1.82) is 0 Å². The third-order valence-corrected chi connectivity index (χ3v) is 5.03. The van der Waals surface area contributed by atoms with E-state index in [4.69, 9.17) is 11.6 Å². The number of carboxylic acid groups (broad SMARTS) is 1. The van der Waals surface area contributed by atoms with Gasteiger partial charge in [-0.3, -0.25) is 4.79 Å². The van der Waals surface area contributed by atoms with Crippen molar-refractivity contribution in [2.45, 2.75) is 26.7 Å². The molecule has 1 aliphatic rings. The Bertz CT molecular complexity index is 851. The van der Waals surface area contributed by atoms with Gasteiger partial charge in [0, 0.05) is 18.1 Å². The number of amides is 2. The van der Waals surface area contributed by atoms with Crippen LogP contribution in [0.1, 0.15) is 26.0 Å². The minimum atomic E-state index is -0.859. The number of hydrogen-bond acceptors (Lipinski definition) is 3. The number of likely N-dealkylation sites (tertiary alicyclic amines) is 1. The molecule has 2 unspecified atom stereocenters. The van der Waals surface area contributed by atoms with E-state index in [1.54, 1.807) is 21.8 Å². The Morgan fingerprint density at radius 1 is 1.37 bits per heavy atom. The zero-order valence-corrected chi connectivity index (χ0v) is 16.1. The molecule has 1 saturated heterocycles. The summed E-state index contributed by atoms with van der Waals surface area (Å²) in [5.41, 5.74) is 2.29. The van der Waals surface area contributed by atoms with Gasteiger partial charge in [0.05, 0.1) is 29.2 Å². The van der Waals surface area contributed by atoms with E-state index in [1.165, 1.54) is 0 Å². The van der Waals surface area contributed by atoms with Crippen molar-refractivity contribution in [3.63, 3.8) is 0 Å². The zero-order valence-electron chi connectivity index (χ0n) is 15.4. The molecule has 7 nitrogen and oxygen atoms in total. The predicted octanol–water partition coefficient (Wildman–Crippen LogP) is 3.66. The molecule has 0 aliphatic carbocycles. The second-order valence-electron chi connectivity index (χ2n) is 6.96. The molecule has 0 spiro atoms. The zero-order chi connectivity index (χ0) is 19.6. The maximum Gasteiger partial charge on any atom is 0.321 e. The average molecular weight is 391 g/mol. The fourth-order valence-corrected chi connectivity index (χ4v) is 3.72. The molecular formula is C19H23ClN4O3. The lowest BCUT2D eigenvalue weighted by Gasteiger charge is -2.34. The van der Waals surface area contributed by atoms with Crippen molar-refractivity contribution in [3.05, 3.63) is 41.2 Å². The summed E-state index contributed by atoms with van der Waals surface area (Å²) in [6, 6.07) is 7.04. The second kappa shape index (κ2) is 8.00. The number of anilines is 1. The van der Waals surface area contributed by atoms with E-state index >= 15 is 0 Å². The molecule has 1 aromatic heterocycles. The molecule has 3 rings (SSSR count). The minimum absolute atomic E-state index is 0.144. The van der Waals surface area contributed by atoms with Crippen LogP contribution in [0.2, 0.25) is 5.02 Å². The number of carboxylic acids is 1. The SMILES string of the molecule is CCc1c(NC(=O)N2CC(C)CC(C(=O)O)C2)cnn1-c1cccc(Cl)c1. The number of benzene rings is 1. The second-order valence-corrected chi connectivity index (χ2v) is 7.40. The summed E-state index contributed by atoms with van der Waals surface area (Å²) < 4.78 is 1.75. The van der Waals surface area contributed by atoms with Crippen LogP contribution in [0.25, 0.3) is 5.69 Å². The van der Waals surface area contributed by atoms with Crippen LogP contribution in [-0.2, 0) is 11.2 Å². The molecule has 0 saturated carbocycles.